The van der Waals surface area contributed by atoms with Crippen LogP contribution in [0.5, 0.6) is 5.75 Å². The van der Waals surface area contributed by atoms with E-state index in [9.17, 15) is 18.0 Å². The van der Waals surface area contributed by atoms with Crippen molar-refractivity contribution in [1.29, 1.82) is 0 Å². The van der Waals surface area contributed by atoms with Crippen molar-refractivity contribution >= 4 is 11.6 Å². The molecular formula is C21H17F3N2O4. The maximum Gasteiger partial charge on any atom is 0.573 e. The molecule has 6 nitrogen and oxygen atoms in total. The monoisotopic (exact) mass is 418 g/mol. The fourth-order valence-electron chi connectivity index (χ4n) is 2.61. The third kappa shape index (κ3) is 5.75. The number of alkyl halides is 3. The Morgan fingerprint density at radius 1 is 1.17 bits per heavy atom. The lowest BCUT2D eigenvalue weighted by molar-refractivity contribution is -0.274. The van der Waals surface area contributed by atoms with Crippen LogP contribution < -0.4 is 4.74 Å². The Labute approximate surface area is 170 Å². The molecule has 0 saturated carbocycles. The average Bonchev–Trinajstić information content (AvgIpc) is 3.03. The van der Waals surface area contributed by atoms with Crippen LogP contribution >= 0.6 is 0 Å². The number of aromatic nitrogens is 2. The maximum absolute atomic E-state index is 12.4. The predicted octanol–water partition coefficient (Wildman–Crippen LogP) is 3.71. The van der Waals surface area contributed by atoms with Crippen molar-refractivity contribution in [3.05, 3.63) is 65.6 Å². The van der Waals surface area contributed by atoms with Gasteiger partial charge in [-0.25, -0.2) is 9.78 Å². The Balaban J connectivity index is 1.85. The molecule has 0 spiro atoms. The highest BCUT2D eigenvalue weighted by Gasteiger charge is 2.31. The molecule has 0 unspecified atom stereocenters. The van der Waals surface area contributed by atoms with E-state index in [-0.39, 0.29) is 25.6 Å². The smallest absolute Gasteiger partial charge is 0.464 e. The first kappa shape index (κ1) is 21.2. The molecule has 0 N–H and O–H groups in total. The highest BCUT2D eigenvalue weighted by atomic mass is 19.4. The van der Waals surface area contributed by atoms with E-state index in [0.29, 0.717) is 22.6 Å². The lowest BCUT2D eigenvalue weighted by Gasteiger charge is -2.08. The summed E-state index contributed by atoms with van der Waals surface area (Å²) in [6, 6.07) is 10.8. The highest BCUT2D eigenvalue weighted by molar-refractivity contribution is 5.70. The molecule has 0 radical (unpaired) electrons. The minimum Gasteiger partial charge on any atom is -0.464 e. The van der Waals surface area contributed by atoms with Crippen molar-refractivity contribution in [2.75, 3.05) is 13.2 Å². The number of halogens is 3. The van der Waals surface area contributed by atoms with Crippen LogP contribution in [0, 0.1) is 11.8 Å². The van der Waals surface area contributed by atoms with Crippen molar-refractivity contribution in [3.8, 4) is 17.6 Å². The number of hydrogen-bond donors (Lipinski definition) is 0. The summed E-state index contributed by atoms with van der Waals surface area (Å²) in [6.07, 6.45) is -3.03. The number of nitrogens with zero attached hydrogens (tertiary/aromatic N) is 2. The van der Waals surface area contributed by atoms with E-state index in [1.54, 1.807) is 41.8 Å². The molecule has 1 aromatic carbocycles. The van der Waals surface area contributed by atoms with E-state index in [2.05, 4.69) is 21.6 Å². The number of carbonyl (C=O) groups is 1. The van der Waals surface area contributed by atoms with Gasteiger partial charge in [0.25, 0.3) is 0 Å². The van der Waals surface area contributed by atoms with Gasteiger partial charge in [0.2, 0.25) is 0 Å². The molecule has 0 saturated heterocycles. The SMILES string of the molecule is CCOC(=O)COCc1nc2ccccn2c1C#Cc1cccc(OC(F)(F)F)c1. The van der Waals surface area contributed by atoms with Crippen LogP contribution in [0.25, 0.3) is 5.65 Å². The fourth-order valence-corrected chi connectivity index (χ4v) is 2.61. The Kier molecular flexibility index (Phi) is 6.59. The summed E-state index contributed by atoms with van der Waals surface area (Å²) in [5.41, 5.74) is 1.93. The van der Waals surface area contributed by atoms with Crippen LogP contribution in [-0.4, -0.2) is 34.9 Å². The molecule has 3 aromatic rings. The second-order valence-electron chi connectivity index (χ2n) is 5.96. The van der Waals surface area contributed by atoms with E-state index < -0.39 is 12.3 Å². The number of carbonyl (C=O) groups excluding carboxylic acids is 1. The summed E-state index contributed by atoms with van der Waals surface area (Å²) in [5.74, 6) is 4.90. The number of pyridine rings is 1. The molecule has 0 bridgehead atoms. The molecule has 0 aliphatic carbocycles. The second kappa shape index (κ2) is 9.33. The van der Waals surface area contributed by atoms with Gasteiger partial charge in [0.15, 0.2) is 0 Å². The maximum atomic E-state index is 12.4. The standard InChI is InChI=1S/C21H17F3N2O4/c1-2-29-20(27)14-28-13-17-18(26-11-4-3-8-19(26)25-17)10-9-15-6-5-7-16(12-15)30-21(22,23)24/h3-8,11-12H,2,13-14H2,1H3. The topological polar surface area (TPSA) is 62.1 Å². The first-order valence-electron chi connectivity index (χ1n) is 8.93. The van der Waals surface area contributed by atoms with Crippen LogP contribution in [0.15, 0.2) is 48.7 Å². The summed E-state index contributed by atoms with van der Waals surface area (Å²) in [4.78, 5) is 15.9. The van der Waals surface area contributed by atoms with Crippen molar-refractivity contribution in [1.82, 2.24) is 9.38 Å². The van der Waals surface area contributed by atoms with Crippen molar-refractivity contribution in [2.45, 2.75) is 19.9 Å². The van der Waals surface area contributed by atoms with Gasteiger partial charge in [-0.05, 0) is 43.2 Å². The Morgan fingerprint density at radius 2 is 2.00 bits per heavy atom. The summed E-state index contributed by atoms with van der Waals surface area (Å²) in [6.45, 7) is 1.74. The first-order chi connectivity index (χ1) is 14.4. The second-order valence-corrected chi connectivity index (χ2v) is 5.96. The van der Waals surface area contributed by atoms with Gasteiger partial charge < -0.3 is 14.2 Å². The Morgan fingerprint density at radius 3 is 2.77 bits per heavy atom. The molecule has 3 rings (SSSR count). The van der Waals surface area contributed by atoms with Crippen molar-refractivity contribution in [3.63, 3.8) is 0 Å². The quantitative estimate of drug-likeness (QED) is 0.451. The molecule has 156 valence electrons. The van der Waals surface area contributed by atoms with Gasteiger partial charge in [0.05, 0.1) is 13.2 Å². The predicted molar refractivity (Wildman–Crippen MR) is 101 cm³/mol. The molecule has 0 aliphatic rings. The van der Waals surface area contributed by atoms with Crippen molar-refractivity contribution in [2.24, 2.45) is 0 Å². The van der Waals surface area contributed by atoms with Gasteiger partial charge >= 0.3 is 12.3 Å². The van der Waals surface area contributed by atoms with Gasteiger partial charge in [0.1, 0.15) is 29.4 Å². The first-order valence-corrected chi connectivity index (χ1v) is 8.93. The number of benzene rings is 1. The van der Waals surface area contributed by atoms with Crippen LogP contribution in [0.3, 0.4) is 0 Å². The molecule has 2 aromatic heterocycles. The molecule has 0 fully saturated rings. The van der Waals surface area contributed by atoms with Crippen LogP contribution in [0.1, 0.15) is 23.9 Å². The minimum atomic E-state index is -4.78. The number of imidazole rings is 1. The van der Waals surface area contributed by atoms with Crippen molar-refractivity contribution < 1.29 is 32.2 Å². The van der Waals surface area contributed by atoms with E-state index >= 15 is 0 Å². The van der Waals surface area contributed by atoms with E-state index in [1.807, 2.05) is 0 Å². The van der Waals surface area contributed by atoms with E-state index in [0.717, 1.165) is 0 Å². The zero-order valence-electron chi connectivity index (χ0n) is 15.9. The van der Waals surface area contributed by atoms with Gasteiger partial charge in [-0.2, -0.15) is 0 Å². The third-order valence-corrected chi connectivity index (χ3v) is 3.76. The summed E-state index contributed by atoms with van der Waals surface area (Å²) in [5, 5.41) is 0. The van der Waals surface area contributed by atoms with Crippen LogP contribution in [-0.2, 0) is 20.9 Å². The van der Waals surface area contributed by atoms with Gasteiger partial charge in [-0.3, -0.25) is 4.40 Å². The van der Waals surface area contributed by atoms with E-state index in [4.69, 9.17) is 9.47 Å². The lowest BCUT2D eigenvalue weighted by atomic mass is 10.2. The average molecular weight is 418 g/mol. The number of ether oxygens (including phenoxy) is 3. The number of esters is 1. The molecule has 30 heavy (non-hydrogen) atoms. The number of fused-ring (bicyclic) bond motifs is 1. The largest absolute Gasteiger partial charge is 0.573 e. The van der Waals surface area contributed by atoms with Gasteiger partial charge in [0, 0.05) is 11.8 Å². The Bertz CT molecular complexity index is 1100. The van der Waals surface area contributed by atoms with Crippen LogP contribution in [0.2, 0.25) is 0 Å². The fraction of sp³-hybridized carbons (Fsp3) is 0.238. The summed E-state index contributed by atoms with van der Waals surface area (Å²) in [7, 11) is 0. The Hall–Kier alpha value is -3.51. The highest BCUT2D eigenvalue weighted by Crippen LogP contribution is 2.23. The molecular weight excluding hydrogens is 401 g/mol. The summed E-state index contributed by atoms with van der Waals surface area (Å²) < 4.78 is 53.1. The number of rotatable bonds is 6. The van der Waals surface area contributed by atoms with E-state index in [1.165, 1.54) is 18.2 Å². The number of hydrogen-bond acceptors (Lipinski definition) is 5. The molecule has 2 heterocycles. The summed E-state index contributed by atoms with van der Waals surface area (Å²) >= 11 is 0. The lowest BCUT2D eigenvalue weighted by Crippen LogP contribution is -2.17. The molecule has 0 amide bonds. The molecule has 9 heteroatoms. The molecule has 0 atom stereocenters. The van der Waals surface area contributed by atoms with Gasteiger partial charge in [-0.15, -0.1) is 13.2 Å². The van der Waals surface area contributed by atoms with Crippen LogP contribution in [0.4, 0.5) is 13.2 Å². The zero-order chi connectivity index (χ0) is 21.6. The molecule has 0 aliphatic heterocycles. The third-order valence-electron chi connectivity index (χ3n) is 3.76. The van der Waals surface area contributed by atoms with Gasteiger partial charge in [-0.1, -0.05) is 18.1 Å². The zero-order valence-corrected chi connectivity index (χ0v) is 15.9. The normalized spacial score (nSPS) is 11.1. The minimum absolute atomic E-state index is 0.0156.